The molecule has 40 heavy (non-hydrogen) atoms. The fourth-order valence-electron chi connectivity index (χ4n) is 3.76. The van der Waals surface area contributed by atoms with E-state index in [-0.39, 0.29) is 11.2 Å². The normalized spacial score (nSPS) is 12.1. The summed E-state index contributed by atoms with van der Waals surface area (Å²) in [5, 5.41) is 4.69. The Kier molecular flexibility index (Phi) is 7.50. The molecule has 0 aliphatic heterocycles. The van der Waals surface area contributed by atoms with Crippen LogP contribution in [0.3, 0.4) is 0 Å². The number of hydrogen-bond donors (Lipinski definition) is 0. The summed E-state index contributed by atoms with van der Waals surface area (Å²) in [6.45, 7) is 8.82. The largest absolute Gasteiger partial charge is 0.443 e. The van der Waals surface area contributed by atoms with E-state index < -0.39 is 47.5 Å². The topological polar surface area (TPSA) is 132 Å². The van der Waals surface area contributed by atoms with Gasteiger partial charge in [-0.3, -0.25) is 23.6 Å². The molecule has 212 valence electrons. The number of imidazole rings is 1. The van der Waals surface area contributed by atoms with Gasteiger partial charge < -0.3 is 9.47 Å². The van der Waals surface area contributed by atoms with E-state index in [0.717, 1.165) is 9.13 Å². The highest BCUT2D eigenvalue weighted by Crippen LogP contribution is 2.27. The summed E-state index contributed by atoms with van der Waals surface area (Å²) in [6, 6.07) is 8.41. The summed E-state index contributed by atoms with van der Waals surface area (Å²) in [6.07, 6.45) is 1.57. The number of ether oxygens (including phenoxy) is 2. The summed E-state index contributed by atoms with van der Waals surface area (Å²) in [5.74, 6) is -0.867. The number of hydrogen-bond acceptors (Lipinski definition) is 8. The van der Waals surface area contributed by atoms with Gasteiger partial charge in [0.2, 0.25) is 0 Å². The second kappa shape index (κ2) is 10.4. The molecule has 0 radical (unpaired) electrons. The van der Waals surface area contributed by atoms with Crippen molar-refractivity contribution >= 4 is 34.7 Å². The van der Waals surface area contributed by atoms with Gasteiger partial charge in [0.1, 0.15) is 5.69 Å². The predicted octanol–water partition coefficient (Wildman–Crippen LogP) is 3.50. The Morgan fingerprint density at radius 2 is 1.43 bits per heavy atom. The molecule has 0 unspecified atom stereocenters. The number of halogens is 1. The van der Waals surface area contributed by atoms with Gasteiger partial charge in [-0.05, 0) is 71.9 Å². The van der Waals surface area contributed by atoms with Crippen LogP contribution in [0, 0.1) is 10.8 Å². The maximum absolute atomic E-state index is 13.9. The van der Waals surface area contributed by atoms with Crippen molar-refractivity contribution in [3.05, 3.63) is 62.4 Å². The number of nitrogens with zero attached hydrogens (tertiary/aromatic N) is 6. The lowest BCUT2D eigenvalue weighted by molar-refractivity contribution is -0.157. The lowest BCUT2D eigenvalue weighted by atomic mass is 9.97. The molecule has 13 heteroatoms. The van der Waals surface area contributed by atoms with E-state index in [1.54, 1.807) is 94.4 Å². The van der Waals surface area contributed by atoms with Gasteiger partial charge in [0.25, 0.3) is 5.56 Å². The van der Waals surface area contributed by atoms with E-state index in [1.165, 1.54) is 0 Å². The number of benzene rings is 1. The molecule has 12 nitrogen and oxygen atoms in total. The van der Waals surface area contributed by atoms with Crippen LogP contribution >= 0.6 is 11.6 Å². The Bertz CT molecular complexity index is 1710. The first-order valence-electron chi connectivity index (χ1n) is 12.5. The number of carbonyl (C=O) groups is 2. The number of aromatic nitrogens is 6. The molecule has 0 spiro atoms. The molecule has 1 aromatic carbocycles. The first kappa shape index (κ1) is 28.8. The third kappa shape index (κ3) is 5.44. The molecule has 0 saturated carbocycles. The van der Waals surface area contributed by atoms with E-state index in [1.807, 2.05) is 0 Å². The molecule has 0 bridgehead atoms. The molecule has 0 saturated heterocycles. The number of aryl methyl sites for hydroxylation is 1. The summed E-state index contributed by atoms with van der Waals surface area (Å²) >= 11 is 6.13. The smallest absolute Gasteiger partial charge is 0.338 e. The van der Waals surface area contributed by atoms with Crippen LogP contribution < -0.4 is 11.2 Å². The summed E-state index contributed by atoms with van der Waals surface area (Å²) < 4.78 is 15.8. The maximum atomic E-state index is 13.9. The third-order valence-corrected chi connectivity index (χ3v) is 6.29. The van der Waals surface area contributed by atoms with Crippen LogP contribution in [0.15, 0.2) is 46.1 Å². The van der Waals surface area contributed by atoms with Crippen molar-refractivity contribution < 1.29 is 19.1 Å². The van der Waals surface area contributed by atoms with Crippen molar-refractivity contribution in [2.45, 2.75) is 55.0 Å². The quantitative estimate of drug-likeness (QED) is 0.322. The molecule has 3 heterocycles. The lowest BCUT2D eigenvalue weighted by Crippen LogP contribution is -2.43. The minimum atomic E-state index is -0.868. The standard InChI is InChI=1S/C27H31ClN6O6/c1-26(2,3)23(36)39-14-32-21-19(22(35)33(25(32)38)15-40-24(37)27(4,5)6)34(17-10-8-16(28)9-11-17)20(30-21)18-12-13-29-31(18)7/h8-13H,14-15H2,1-7H3. The summed E-state index contributed by atoms with van der Waals surface area (Å²) in [5.41, 5.74) is -2.29. The highest BCUT2D eigenvalue weighted by molar-refractivity contribution is 6.30. The molecule has 0 atom stereocenters. The van der Waals surface area contributed by atoms with Crippen LogP contribution in [0.4, 0.5) is 0 Å². The van der Waals surface area contributed by atoms with E-state index in [9.17, 15) is 19.2 Å². The Morgan fingerprint density at radius 1 is 0.875 bits per heavy atom. The van der Waals surface area contributed by atoms with Gasteiger partial charge in [-0.15, -0.1) is 0 Å². The van der Waals surface area contributed by atoms with Crippen molar-refractivity contribution in [3.8, 4) is 17.2 Å². The molecule has 0 aliphatic rings. The van der Waals surface area contributed by atoms with Crippen LogP contribution in [0.1, 0.15) is 41.5 Å². The first-order chi connectivity index (χ1) is 18.6. The van der Waals surface area contributed by atoms with E-state index >= 15 is 0 Å². The van der Waals surface area contributed by atoms with E-state index in [0.29, 0.717) is 22.2 Å². The highest BCUT2D eigenvalue weighted by Gasteiger charge is 2.29. The van der Waals surface area contributed by atoms with Crippen LogP contribution in [0.5, 0.6) is 0 Å². The Morgan fingerprint density at radius 3 is 1.93 bits per heavy atom. The molecular formula is C27H31ClN6O6. The van der Waals surface area contributed by atoms with Crippen molar-refractivity contribution in [3.63, 3.8) is 0 Å². The van der Waals surface area contributed by atoms with Gasteiger partial charge in [-0.1, -0.05) is 11.6 Å². The zero-order valence-corrected chi connectivity index (χ0v) is 24.1. The number of fused-ring (bicyclic) bond motifs is 1. The average Bonchev–Trinajstić information content (AvgIpc) is 3.46. The average molecular weight is 571 g/mol. The molecule has 4 aromatic rings. The summed E-state index contributed by atoms with van der Waals surface area (Å²) in [7, 11) is 1.71. The number of carbonyl (C=O) groups excluding carboxylic acids is 2. The molecule has 0 amide bonds. The monoisotopic (exact) mass is 570 g/mol. The maximum Gasteiger partial charge on any atom is 0.338 e. The van der Waals surface area contributed by atoms with Crippen LogP contribution in [0.25, 0.3) is 28.4 Å². The number of rotatable bonds is 6. The molecule has 0 fully saturated rings. The van der Waals surface area contributed by atoms with E-state index in [2.05, 4.69) is 10.1 Å². The van der Waals surface area contributed by atoms with Gasteiger partial charge in [0, 0.05) is 24.0 Å². The van der Waals surface area contributed by atoms with Gasteiger partial charge in [-0.2, -0.15) is 5.10 Å². The Balaban J connectivity index is 2.04. The van der Waals surface area contributed by atoms with Gasteiger partial charge in [0.05, 0.1) is 10.8 Å². The Hall–Kier alpha value is -4.19. The van der Waals surface area contributed by atoms with Gasteiger partial charge >= 0.3 is 17.6 Å². The minimum absolute atomic E-state index is 0.00302. The molecular weight excluding hydrogens is 540 g/mol. The van der Waals surface area contributed by atoms with E-state index in [4.69, 9.17) is 21.1 Å². The summed E-state index contributed by atoms with van der Waals surface area (Å²) in [4.78, 5) is 57.3. The molecule has 4 rings (SSSR count). The molecule has 0 aliphatic carbocycles. The minimum Gasteiger partial charge on any atom is -0.443 e. The van der Waals surface area contributed by atoms with Crippen molar-refractivity contribution in [2.24, 2.45) is 17.9 Å². The second-order valence-electron chi connectivity index (χ2n) is 11.3. The highest BCUT2D eigenvalue weighted by atomic mass is 35.5. The molecule has 3 aromatic heterocycles. The third-order valence-electron chi connectivity index (χ3n) is 6.03. The molecule has 0 N–H and O–H groups in total. The zero-order valence-electron chi connectivity index (χ0n) is 23.4. The lowest BCUT2D eigenvalue weighted by Gasteiger charge is -2.19. The van der Waals surface area contributed by atoms with Crippen LogP contribution in [-0.4, -0.2) is 40.4 Å². The Labute approximate surface area is 234 Å². The zero-order chi connectivity index (χ0) is 29.6. The fourth-order valence-corrected chi connectivity index (χ4v) is 3.88. The van der Waals surface area contributed by atoms with Gasteiger partial charge in [-0.25, -0.2) is 18.9 Å². The van der Waals surface area contributed by atoms with Crippen LogP contribution in [-0.2, 0) is 39.6 Å². The van der Waals surface area contributed by atoms with Crippen molar-refractivity contribution in [2.75, 3.05) is 0 Å². The fraction of sp³-hybridized carbons (Fsp3) is 0.407. The van der Waals surface area contributed by atoms with Gasteiger partial charge in [0.15, 0.2) is 30.4 Å². The predicted molar refractivity (Wildman–Crippen MR) is 148 cm³/mol. The van der Waals surface area contributed by atoms with Crippen molar-refractivity contribution in [1.82, 2.24) is 28.5 Å². The SMILES string of the molecule is Cn1nccc1-c1nc2c(c(=O)n(COC(=O)C(C)(C)C)c(=O)n2COC(=O)C(C)(C)C)n1-c1ccc(Cl)cc1. The number of esters is 2. The van der Waals surface area contributed by atoms with Crippen molar-refractivity contribution in [1.29, 1.82) is 0 Å². The van der Waals surface area contributed by atoms with Crippen LogP contribution in [0.2, 0.25) is 5.02 Å². The first-order valence-corrected chi connectivity index (χ1v) is 12.8. The second-order valence-corrected chi connectivity index (χ2v) is 11.8.